The fourth-order valence-electron chi connectivity index (χ4n) is 0.923. The van der Waals surface area contributed by atoms with E-state index < -0.39 is 0 Å². The molecule has 5 heteroatoms. The van der Waals surface area contributed by atoms with Gasteiger partial charge in [-0.2, -0.15) is 0 Å². The Kier molecular flexibility index (Phi) is 4.35. The lowest BCUT2D eigenvalue weighted by Crippen LogP contribution is -2.05. The molecule has 0 saturated heterocycles. The number of nitrogen functional groups attached to an aromatic ring is 1. The van der Waals surface area contributed by atoms with Crippen molar-refractivity contribution in [3.8, 4) is 0 Å². The Morgan fingerprint density at radius 3 is 3.07 bits per heavy atom. The van der Waals surface area contributed by atoms with Crippen LogP contribution in [-0.2, 0) is 0 Å². The second-order valence-electron chi connectivity index (χ2n) is 2.77. The first-order valence-electron chi connectivity index (χ1n) is 4.33. The molecule has 0 amide bonds. The number of aromatic nitrogens is 2. The minimum atomic E-state index is 0.336. The van der Waals surface area contributed by atoms with Gasteiger partial charge in [0.25, 0.3) is 0 Å². The molecule has 0 saturated carbocycles. The summed E-state index contributed by atoms with van der Waals surface area (Å²) in [5.41, 5.74) is 6.06. The predicted octanol–water partition coefficient (Wildman–Crippen LogP) is 1.33. The van der Waals surface area contributed by atoms with Gasteiger partial charge in [0, 0.05) is 0 Å². The molecule has 76 valence electrons. The van der Waals surface area contributed by atoms with Crippen LogP contribution < -0.4 is 11.1 Å². The number of rotatable bonds is 4. The van der Waals surface area contributed by atoms with Crippen LogP contribution in [0, 0.1) is 0 Å². The van der Waals surface area contributed by atoms with Crippen LogP contribution in [0.3, 0.4) is 0 Å². The summed E-state index contributed by atoms with van der Waals surface area (Å²) in [4.78, 5) is 7.94. The second kappa shape index (κ2) is 5.57. The highest BCUT2D eigenvalue weighted by molar-refractivity contribution is 6.30. The standard InChI is InChI=1S/C9H13ClN4/c1-12-5-3-2-4-7-9(10)14-8(11)6-13-7/h2,4,6,12H,3,5H2,1H3,(H2,11,14). The van der Waals surface area contributed by atoms with Crippen molar-refractivity contribution in [2.45, 2.75) is 6.42 Å². The number of nitrogens with two attached hydrogens (primary N) is 1. The molecule has 0 aromatic carbocycles. The topological polar surface area (TPSA) is 63.8 Å². The van der Waals surface area contributed by atoms with Gasteiger partial charge in [-0.1, -0.05) is 17.7 Å². The Bertz CT molecular complexity index is 325. The monoisotopic (exact) mass is 212 g/mol. The SMILES string of the molecule is CNCCC=Cc1ncc(N)nc1Cl. The van der Waals surface area contributed by atoms with Crippen molar-refractivity contribution in [1.82, 2.24) is 15.3 Å². The third kappa shape index (κ3) is 3.32. The lowest BCUT2D eigenvalue weighted by atomic mass is 10.3. The van der Waals surface area contributed by atoms with E-state index in [0.717, 1.165) is 13.0 Å². The van der Waals surface area contributed by atoms with Crippen LogP contribution in [0.15, 0.2) is 12.3 Å². The zero-order valence-electron chi connectivity index (χ0n) is 8.00. The third-order valence-electron chi connectivity index (χ3n) is 1.61. The van der Waals surface area contributed by atoms with Gasteiger partial charge in [-0.05, 0) is 26.1 Å². The highest BCUT2D eigenvalue weighted by Gasteiger charge is 1.98. The van der Waals surface area contributed by atoms with E-state index in [2.05, 4.69) is 15.3 Å². The van der Waals surface area contributed by atoms with Gasteiger partial charge >= 0.3 is 0 Å². The first-order valence-corrected chi connectivity index (χ1v) is 4.71. The molecular formula is C9H13ClN4. The summed E-state index contributed by atoms with van der Waals surface area (Å²) < 4.78 is 0. The van der Waals surface area contributed by atoms with Gasteiger partial charge in [0.05, 0.1) is 6.20 Å². The van der Waals surface area contributed by atoms with Gasteiger partial charge in [0.15, 0.2) is 5.15 Å². The fourth-order valence-corrected chi connectivity index (χ4v) is 1.13. The maximum atomic E-state index is 5.82. The van der Waals surface area contributed by atoms with E-state index in [-0.39, 0.29) is 0 Å². The molecule has 14 heavy (non-hydrogen) atoms. The molecule has 0 aliphatic rings. The molecule has 0 atom stereocenters. The molecule has 0 unspecified atom stereocenters. The molecule has 0 bridgehead atoms. The Hall–Kier alpha value is -1.13. The number of hydrogen-bond acceptors (Lipinski definition) is 4. The molecule has 4 nitrogen and oxygen atoms in total. The van der Waals surface area contributed by atoms with E-state index in [1.54, 1.807) is 0 Å². The van der Waals surface area contributed by atoms with Crippen molar-refractivity contribution in [2.24, 2.45) is 0 Å². The summed E-state index contributed by atoms with van der Waals surface area (Å²) in [5, 5.41) is 3.38. The molecule has 1 aromatic heterocycles. The van der Waals surface area contributed by atoms with Crippen molar-refractivity contribution < 1.29 is 0 Å². The predicted molar refractivity (Wildman–Crippen MR) is 59.0 cm³/mol. The van der Waals surface area contributed by atoms with Gasteiger partial charge in [0.1, 0.15) is 11.5 Å². The Balaban J connectivity index is 2.62. The molecule has 1 heterocycles. The Morgan fingerprint density at radius 1 is 1.64 bits per heavy atom. The molecule has 1 rings (SSSR count). The summed E-state index contributed by atoms with van der Waals surface area (Å²) in [5.74, 6) is 0.336. The third-order valence-corrected chi connectivity index (χ3v) is 1.89. The van der Waals surface area contributed by atoms with Crippen molar-refractivity contribution in [1.29, 1.82) is 0 Å². The summed E-state index contributed by atoms with van der Waals surface area (Å²) in [6, 6.07) is 0. The van der Waals surface area contributed by atoms with Crippen molar-refractivity contribution in [2.75, 3.05) is 19.3 Å². The second-order valence-corrected chi connectivity index (χ2v) is 3.12. The number of halogens is 1. The molecule has 3 N–H and O–H groups in total. The van der Waals surface area contributed by atoms with E-state index >= 15 is 0 Å². The van der Waals surface area contributed by atoms with Gasteiger partial charge < -0.3 is 11.1 Å². The van der Waals surface area contributed by atoms with Crippen LogP contribution in [0.4, 0.5) is 5.82 Å². The van der Waals surface area contributed by atoms with Crippen molar-refractivity contribution in [3.05, 3.63) is 23.1 Å². The molecule has 0 spiro atoms. The number of hydrogen-bond donors (Lipinski definition) is 2. The molecular weight excluding hydrogens is 200 g/mol. The van der Waals surface area contributed by atoms with Crippen LogP contribution in [0.5, 0.6) is 0 Å². The normalized spacial score (nSPS) is 11.0. The van der Waals surface area contributed by atoms with Crippen LogP contribution in [-0.4, -0.2) is 23.6 Å². The van der Waals surface area contributed by atoms with E-state index in [0.29, 0.717) is 16.7 Å². The van der Waals surface area contributed by atoms with E-state index in [9.17, 15) is 0 Å². The van der Waals surface area contributed by atoms with Gasteiger partial charge in [-0.3, -0.25) is 0 Å². The highest BCUT2D eigenvalue weighted by atomic mass is 35.5. The maximum absolute atomic E-state index is 5.82. The van der Waals surface area contributed by atoms with E-state index in [1.807, 2.05) is 19.2 Å². The van der Waals surface area contributed by atoms with Gasteiger partial charge in [0.2, 0.25) is 0 Å². The first kappa shape index (κ1) is 10.9. The summed E-state index contributed by atoms with van der Waals surface area (Å²) >= 11 is 5.82. The lowest BCUT2D eigenvalue weighted by molar-refractivity contribution is 0.809. The molecule has 0 fully saturated rings. The highest BCUT2D eigenvalue weighted by Crippen LogP contribution is 2.13. The quantitative estimate of drug-likeness (QED) is 0.740. The fraction of sp³-hybridized carbons (Fsp3) is 0.333. The van der Waals surface area contributed by atoms with Crippen LogP contribution in [0.25, 0.3) is 6.08 Å². The largest absolute Gasteiger partial charge is 0.382 e. The minimum absolute atomic E-state index is 0.336. The summed E-state index contributed by atoms with van der Waals surface area (Å²) in [6.07, 6.45) is 6.25. The smallest absolute Gasteiger partial charge is 0.157 e. The average Bonchev–Trinajstić information content (AvgIpc) is 2.15. The maximum Gasteiger partial charge on any atom is 0.157 e. The molecule has 0 aliphatic carbocycles. The van der Waals surface area contributed by atoms with E-state index in [4.69, 9.17) is 17.3 Å². The van der Waals surface area contributed by atoms with Crippen LogP contribution >= 0.6 is 11.6 Å². The molecule has 0 radical (unpaired) electrons. The Labute approximate surface area is 88.2 Å². The molecule has 0 aliphatic heterocycles. The molecule has 1 aromatic rings. The van der Waals surface area contributed by atoms with Gasteiger partial charge in [-0.15, -0.1) is 0 Å². The average molecular weight is 213 g/mol. The summed E-state index contributed by atoms with van der Waals surface area (Å²) in [6.45, 7) is 0.927. The first-order chi connectivity index (χ1) is 6.74. The van der Waals surface area contributed by atoms with E-state index in [1.165, 1.54) is 6.20 Å². The number of nitrogens with zero attached hydrogens (tertiary/aromatic N) is 2. The zero-order valence-corrected chi connectivity index (χ0v) is 8.75. The van der Waals surface area contributed by atoms with Crippen LogP contribution in [0.1, 0.15) is 12.1 Å². The zero-order chi connectivity index (χ0) is 10.4. The lowest BCUT2D eigenvalue weighted by Gasteiger charge is -1.97. The van der Waals surface area contributed by atoms with Crippen molar-refractivity contribution in [3.63, 3.8) is 0 Å². The Morgan fingerprint density at radius 2 is 2.43 bits per heavy atom. The minimum Gasteiger partial charge on any atom is -0.382 e. The van der Waals surface area contributed by atoms with Crippen LogP contribution in [0.2, 0.25) is 5.15 Å². The summed E-state index contributed by atoms with van der Waals surface area (Å²) in [7, 11) is 1.91. The van der Waals surface area contributed by atoms with Crippen molar-refractivity contribution >= 4 is 23.5 Å². The van der Waals surface area contributed by atoms with Gasteiger partial charge in [-0.25, -0.2) is 9.97 Å². The number of nitrogens with one attached hydrogen (secondary N) is 1. The number of anilines is 1.